The lowest BCUT2D eigenvalue weighted by Gasteiger charge is -2.10. The Hall–Kier alpha value is -2.79. The number of benzene rings is 2. The molecule has 2 rings (SSSR count). The number of anilines is 1. The molecule has 2 aromatic rings. The number of alkyl halides is 3. The quantitative estimate of drug-likeness (QED) is 0.501. The molecule has 0 aliphatic carbocycles. The van der Waals surface area contributed by atoms with Crippen molar-refractivity contribution in [1.29, 1.82) is 5.26 Å². The summed E-state index contributed by atoms with van der Waals surface area (Å²) >= 11 is 3.31. The molecule has 0 spiro atoms. The van der Waals surface area contributed by atoms with E-state index in [0.29, 0.717) is 22.4 Å². The van der Waals surface area contributed by atoms with E-state index in [-0.39, 0.29) is 11.3 Å². The highest BCUT2D eigenvalue weighted by Gasteiger charge is 2.30. The second-order valence-corrected chi connectivity index (χ2v) is 6.27. The van der Waals surface area contributed by atoms with Gasteiger partial charge in [0.2, 0.25) is 0 Å². The van der Waals surface area contributed by atoms with Crippen LogP contribution in [0.1, 0.15) is 18.1 Å². The number of rotatable bonds is 5. The molecule has 0 fully saturated rings. The summed E-state index contributed by atoms with van der Waals surface area (Å²) in [6.07, 6.45) is -3.20. The van der Waals surface area contributed by atoms with E-state index < -0.39 is 17.6 Å². The minimum absolute atomic E-state index is 0.0553. The Morgan fingerprint density at radius 3 is 2.67 bits per heavy atom. The second kappa shape index (κ2) is 8.73. The lowest BCUT2D eigenvalue weighted by molar-refractivity contribution is -0.137. The number of amides is 1. The maximum absolute atomic E-state index is 12.8. The first-order valence-electron chi connectivity index (χ1n) is 7.76. The highest BCUT2D eigenvalue weighted by molar-refractivity contribution is 9.10. The van der Waals surface area contributed by atoms with E-state index in [4.69, 9.17) is 4.74 Å². The predicted molar refractivity (Wildman–Crippen MR) is 99.0 cm³/mol. The van der Waals surface area contributed by atoms with Crippen LogP contribution >= 0.6 is 15.9 Å². The fraction of sp³-hybridized carbons (Fsp3) is 0.158. The molecule has 0 aliphatic heterocycles. The van der Waals surface area contributed by atoms with Gasteiger partial charge in [-0.05, 0) is 55.0 Å². The first kappa shape index (κ1) is 20.5. The molecule has 4 nitrogen and oxygen atoms in total. The first-order chi connectivity index (χ1) is 12.7. The third-order valence-corrected chi connectivity index (χ3v) is 3.79. The lowest BCUT2D eigenvalue weighted by Crippen LogP contribution is -2.14. The largest absolute Gasteiger partial charge is 0.494 e. The molecule has 0 heterocycles. The van der Waals surface area contributed by atoms with Gasteiger partial charge in [-0.15, -0.1) is 0 Å². The van der Waals surface area contributed by atoms with Gasteiger partial charge >= 0.3 is 6.18 Å². The average Bonchev–Trinajstić information content (AvgIpc) is 2.59. The van der Waals surface area contributed by atoms with Gasteiger partial charge in [-0.25, -0.2) is 0 Å². The third kappa shape index (κ3) is 5.86. The minimum Gasteiger partial charge on any atom is -0.494 e. The smallest absolute Gasteiger partial charge is 0.416 e. The van der Waals surface area contributed by atoms with Crippen molar-refractivity contribution in [3.63, 3.8) is 0 Å². The highest BCUT2D eigenvalue weighted by atomic mass is 79.9. The molecule has 1 amide bonds. The van der Waals surface area contributed by atoms with Gasteiger partial charge < -0.3 is 10.1 Å². The second-order valence-electron chi connectivity index (χ2n) is 5.36. The highest BCUT2D eigenvalue weighted by Crippen LogP contribution is 2.30. The van der Waals surface area contributed by atoms with Crippen LogP contribution in [0.3, 0.4) is 0 Å². The zero-order valence-electron chi connectivity index (χ0n) is 14.1. The summed E-state index contributed by atoms with van der Waals surface area (Å²) in [7, 11) is 0. The van der Waals surface area contributed by atoms with Gasteiger partial charge in [0, 0.05) is 10.2 Å². The molecule has 0 bridgehead atoms. The predicted octanol–water partition coefficient (Wildman–Crippen LogP) is 5.41. The van der Waals surface area contributed by atoms with Crippen molar-refractivity contribution in [2.24, 2.45) is 0 Å². The fourth-order valence-corrected chi connectivity index (χ4v) is 2.69. The molecular formula is C19H14BrF3N2O2. The van der Waals surface area contributed by atoms with E-state index in [0.717, 1.165) is 12.1 Å². The van der Waals surface area contributed by atoms with Crippen LogP contribution in [0.5, 0.6) is 5.75 Å². The van der Waals surface area contributed by atoms with E-state index in [1.807, 2.05) is 6.92 Å². The summed E-state index contributed by atoms with van der Waals surface area (Å²) in [5.41, 5.74) is -0.673. The average molecular weight is 439 g/mol. The Morgan fingerprint density at radius 2 is 2.04 bits per heavy atom. The molecule has 0 saturated carbocycles. The van der Waals surface area contributed by atoms with Crippen molar-refractivity contribution in [1.82, 2.24) is 0 Å². The number of ether oxygens (including phenoxy) is 1. The van der Waals surface area contributed by atoms with Crippen molar-refractivity contribution < 1.29 is 22.7 Å². The lowest BCUT2D eigenvalue weighted by atomic mass is 10.1. The van der Waals surface area contributed by atoms with Gasteiger partial charge in [0.25, 0.3) is 5.91 Å². The molecule has 0 radical (unpaired) electrons. The molecule has 2 aromatic carbocycles. The van der Waals surface area contributed by atoms with Crippen LogP contribution in [0.4, 0.5) is 18.9 Å². The van der Waals surface area contributed by atoms with E-state index in [2.05, 4.69) is 21.2 Å². The van der Waals surface area contributed by atoms with Crippen molar-refractivity contribution in [3.05, 3.63) is 63.6 Å². The Morgan fingerprint density at radius 1 is 1.30 bits per heavy atom. The van der Waals surface area contributed by atoms with Crippen LogP contribution in [0.15, 0.2) is 52.5 Å². The number of nitrogens with zero attached hydrogens (tertiary/aromatic N) is 1. The third-order valence-electron chi connectivity index (χ3n) is 3.33. The summed E-state index contributed by atoms with van der Waals surface area (Å²) < 4.78 is 44.4. The van der Waals surface area contributed by atoms with Gasteiger partial charge in [0.05, 0.1) is 12.2 Å². The SMILES string of the molecule is CCOc1cc(Br)cc(/C=C(\C#N)C(=O)Nc2cccc(C(F)(F)F)c2)c1. The molecule has 1 N–H and O–H groups in total. The Bertz CT molecular complexity index is 918. The summed E-state index contributed by atoms with van der Waals surface area (Å²) in [6.45, 7) is 2.26. The number of hydrogen-bond acceptors (Lipinski definition) is 3. The van der Waals surface area contributed by atoms with Gasteiger partial charge in [-0.2, -0.15) is 18.4 Å². The van der Waals surface area contributed by atoms with Crippen LogP contribution in [0.25, 0.3) is 6.08 Å². The monoisotopic (exact) mass is 438 g/mol. The number of halogens is 4. The Balaban J connectivity index is 2.26. The van der Waals surface area contributed by atoms with Gasteiger partial charge in [0.15, 0.2) is 0 Å². The first-order valence-corrected chi connectivity index (χ1v) is 8.56. The summed E-state index contributed by atoms with van der Waals surface area (Å²) in [5.74, 6) is -0.261. The number of nitriles is 1. The fourth-order valence-electron chi connectivity index (χ4n) is 2.20. The molecule has 0 unspecified atom stereocenters. The molecular weight excluding hydrogens is 425 g/mol. The maximum Gasteiger partial charge on any atom is 0.416 e. The van der Waals surface area contributed by atoms with E-state index in [9.17, 15) is 23.2 Å². The number of carbonyl (C=O) groups excluding carboxylic acids is 1. The molecule has 140 valence electrons. The Labute approximate surface area is 162 Å². The zero-order valence-corrected chi connectivity index (χ0v) is 15.7. The van der Waals surface area contributed by atoms with Gasteiger partial charge in [-0.1, -0.05) is 22.0 Å². The van der Waals surface area contributed by atoms with Crippen LogP contribution in [-0.4, -0.2) is 12.5 Å². The van der Waals surface area contributed by atoms with E-state index in [1.54, 1.807) is 24.3 Å². The molecule has 0 saturated heterocycles. The normalized spacial score (nSPS) is 11.6. The van der Waals surface area contributed by atoms with Crippen molar-refractivity contribution in [2.45, 2.75) is 13.1 Å². The molecule has 0 aliphatic rings. The van der Waals surface area contributed by atoms with Crippen molar-refractivity contribution >= 4 is 33.6 Å². The van der Waals surface area contributed by atoms with Crippen LogP contribution in [0, 0.1) is 11.3 Å². The van der Waals surface area contributed by atoms with Gasteiger partial charge in [0.1, 0.15) is 17.4 Å². The molecule has 0 atom stereocenters. The van der Waals surface area contributed by atoms with E-state index >= 15 is 0 Å². The molecule has 8 heteroatoms. The number of nitrogens with one attached hydrogen (secondary N) is 1. The summed E-state index contributed by atoms with van der Waals surface area (Å²) in [4.78, 5) is 12.3. The zero-order chi connectivity index (χ0) is 20.0. The number of carbonyl (C=O) groups is 1. The van der Waals surface area contributed by atoms with Crippen molar-refractivity contribution in [3.8, 4) is 11.8 Å². The van der Waals surface area contributed by atoms with Crippen LogP contribution in [-0.2, 0) is 11.0 Å². The maximum atomic E-state index is 12.8. The topological polar surface area (TPSA) is 62.1 Å². The molecule has 27 heavy (non-hydrogen) atoms. The van der Waals surface area contributed by atoms with Crippen molar-refractivity contribution in [2.75, 3.05) is 11.9 Å². The Kier molecular flexibility index (Phi) is 6.64. The summed E-state index contributed by atoms with van der Waals surface area (Å²) in [6, 6.07) is 11.0. The summed E-state index contributed by atoms with van der Waals surface area (Å²) in [5, 5.41) is 11.6. The minimum atomic E-state index is -4.53. The number of hydrogen-bond donors (Lipinski definition) is 1. The van der Waals surface area contributed by atoms with E-state index in [1.165, 1.54) is 18.2 Å². The van der Waals surface area contributed by atoms with Crippen LogP contribution in [0.2, 0.25) is 0 Å². The molecule has 0 aromatic heterocycles. The van der Waals surface area contributed by atoms with Gasteiger partial charge in [-0.3, -0.25) is 4.79 Å². The standard InChI is InChI=1S/C19H14BrF3N2O2/c1-2-27-17-8-12(7-15(20)10-17)6-13(11-24)18(26)25-16-5-3-4-14(9-16)19(21,22)23/h3-10H,2H2,1H3,(H,25,26)/b13-6+. The van der Waals surface area contributed by atoms with Crippen LogP contribution < -0.4 is 10.1 Å².